The maximum absolute atomic E-state index is 12.7. The van der Waals surface area contributed by atoms with Crippen molar-refractivity contribution in [3.05, 3.63) is 75.8 Å². The van der Waals surface area contributed by atoms with Crippen LogP contribution in [0.15, 0.2) is 53.3 Å². The van der Waals surface area contributed by atoms with Crippen LogP contribution in [0.2, 0.25) is 0 Å². The van der Waals surface area contributed by atoms with E-state index in [1.165, 1.54) is 6.20 Å². The summed E-state index contributed by atoms with van der Waals surface area (Å²) in [4.78, 5) is 28.8. The van der Waals surface area contributed by atoms with E-state index in [0.717, 1.165) is 17.1 Å². The summed E-state index contributed by atoms with van der Waals surface area (Å²) in [6.45, 7) is 4.43. The second-order valence-electron chi connectivity index (χ2n) is 7.28. The van der Waals surface area contributed by atoms with Crippen LogP contribution in [0.1, 0.15) is 32.1 Å². The predicted octanol–water partition coefficient (Wildman–Crippen LogP) is 4.14. The number of ketones is 1. The zero-order chi connectivity index (χ0) is 22.0. The lowest BCUT2D eigenvalue weighted by molar-refractivity contribution is 0.0474. The number of nitrogens with zero attached hydrogens (tertiary/aromatic N) is 2. The predicted molar refractivity (Wildman–Crippen MR) is 117 cm³/mol. The molecule has 3 heterocycles. The van der Waals surface area contributed by atoms with E-state index in [2.05, 4.69) is 20.9 Å². The molecule has 0 spiro atoms. The Balaban J connectivity index is 1.42. The molecule has 1 aromatic carbocycles. The van der Waals surface area contributed by atoms with Gasteiger partial charge in [-0.2, -0.15) is 0 Å². The third-order valence-corrected chi connectivity index (χ3v) is 5.54. The normalized spacial score (nSPS) is 14.9. The molecule has 7 nitrogen and oxygen atoms in total. The van der Waals surface area contributed by atoms with Crippen LogP contribution in [0.25, 0.3) is 0 Å². The largest absolute Gasteiger partial charge is 0.486 e. The Bertz CT molecular complexity index is 1140. The second kappa shape index (κ2) is 8.93. The Morgan fingerprint density at radius 2 is 1.97 bits per heavy atom. The average molecular weight is 485 g/mol. The van der Waals surface area contributed by atoms with Gasteiger partial charge in [-0.3, -0.25) is 9.78 Å². The van der Waals surface area contributed by atoms with Gasteiger partial charge in [-0.15, -0.1) is 0 Å². The number of rotatable bonds is 6. The monoisotopic (exact) mass is 484 g/mol. The van der Waals surface area contributed by atoms with Crippen LogP contribution >= 0.6 is 15.9 Å². The summed E-state index contributed by atoms with van der Waals surface area (Å²) >= 11 is 3.26. The molecule has 0 amide bonds. The van der Waals surface area contributed by atoms with E-state index in [9.17, 15) is 9.59 Å². The average Bonchev–Trinajstić information content (AvgIpc) is 3.05. The maximum atomic E-state index is 12.7. The van der Waals surface area contributed by atoms with Gasteiger partial charge in [-0.25, -0.2) is 4.79 Å². The highest BCUT2D eigenvalue weighted by molar-refractivity contribution is 9.10. The minimum atomic E-state index is -0.595. The number of esters is 1. The molecule has 4 rings (SSSR count). The molecule has 0 fully saturated rings. The number of aromatic nitrogens is 2. The zero-order valence-corrected chi connectivity index (χ0v) is 18.7. The van der Waals surface area contributed by atoms with Gasteiger partial charge in [0.2, 0.25) is 5.78 Å². The van der Waals surface area contributed by atoms with E-state index in [-0.39, 0.29) is 24.1 Å². The van der Waals surface area contributed by atoms with Gasteiger partial charge in [0.25, 0.3) is 0 Å². The summed E-state index contributed by atoms with van der Waals surface area (Å²) in [5.41, 5.74) is 2.52. The molecule has 31 heavy (non-hydrogen) atoms. The van der Waals surface area contributed by atoms with Crippen molar-refractivity contribution in [2.45, 2.75) is 26.5 Å². The number of pyridine rings is 1. The third kappa shape index (κ3) is 4.64. The van der Waals surface area contributed by atoms with Crippen molar-refractivity contribution in [1.29, 1.82) is 0 Å². The van der Waals surface area contributed by atoms with Gasteiger partial charge < -0.3 is 18.8 Å². The number of hydrogen-bond donors (Lipinski definition) is 0. The first kappa shape index (κ1) is 21.1. The molecule has 160 valence electrons. The molecule has 8 heteroatoms. The van der Waals surface area contributed by atoms with E-state index in [1.54, 1.807) is 12.3 Å². The Kier molecular flexibility index (Phi) is 6.08. The highest BCUT2D eigenvalue weighted by Gasteiger charge is 2.24. The van der Waals surface area contributed by atoms with Crippen LogP contribution in [-0.4, -0.2) is 40.6 Å². The fraction of sp³-hybridized carbons (Fsp3) is 0.261. The van der Waals surface area contributed by atoms with Crippen molar-refractivity contribution in [2.75, 3.05) is 13.2 Å². The molecule has 1 unspecified atom stereocenters. The van der Waals surface area contributed by atoms with Gasteiger partial charge in [0, 0.05) is 33.8 Å². The molecule has 3 aromatic rings. The Morgan fingerprint density at radius 3 is 2.74 bits per heavy atom. The number of halogens is 1. The van der Waals surface area contributed by atoms with E-state index >= 15 is 0 Å². The van der Waals surface area contributed by atoms with Crippen LogP contribution in [0.4, 0.5) is 0 Å². The zero-order valence-electron chi connectivity index (χ0n) is 17.1. The molecule has 0 radical (unpaired) electrons. The Hall–Kier alpha value is -3.13. The first-order valence-corrected chi connectivity index (χ1v) is 10.6. The number of carbonyl (C=O) groups is 2. The van der Waals surface area contributed by atoms with Crippen LogP contribution in [0.3, 0.4) is 0 Å². The Morgan fingerprint density at radius 1 is 1.19 bits per heavy atom. The van der Waals surface area contributed by atoms with Gasteiger partial charge in [-0.05, 0) is 54.0 Å². The van der Waals surface area contributed by atoms with Gasteiger partial charge >= 0.3 is 5.97 Å². The standard InChI is InChI=1S/C23H21BrN2O5/c1-14-7-19(20(27)13-30-23(28)16-8-17(24)10-25-9-16)15(2)26(14)11-18-12-29-21-5-3-4-6-22(21)31-18/h3-10,18H,11-13H2,1-2H3. The van der Waals surface area contributed by atoms with E-state index in [1.807, 2.05) is 48.7 Å². The fourth-order valence-corrected chi connectivity index (χ4v) is 3.90. The summed E-state index contributed by atoms with van der Waals surface area (Å²) in [6, 6.07) is 11.0. The van der Waals surface area contributed by atoms with Crippen molar-refractivity contribution in [3.8, 4) is 11.5 Å². The minimum Gasteiger partial charge on any atom is -0.486 e. The van der Waals surface area contributed by atoms with Crippen molar-refractivity contribution in [1.82, 2.24) is 9.55 Å². The summed E-state index contributed by atoms with van der Waals surface area (Å²) in [7, 11) is 0. The molecule has 0 saturated heterocycles. The number of aryl methyl sites for hydroxylation is 1. The van der Waals surface area contributed by atoms with Gasteiger partial charge in [-0.1, -0.05) is 12.1 Å². The van der Waals surface area contributed by atoms with Crippen LogP contribution in [-0.2, 0) is 11.3 Å². The number of carbonyl (C=O) groups excluding carboxylic acids is 2. The van der Waals surface area contributed by atoms with Crippen LogP contribution in [0.5, 0.6) is 11.5 Å². The molecular weight excluding hydrogens is 464 g/mol. The topological polar surface area (TPSA) is 79.7 Å². The SMILES string of the molecule is Cc1cc(C(=O)COC(=O)c2cncc(Br)c2)c(C)n1CC1COc2ccccc2O1. The minimum absolute atomic E-state index is 0.176. The molecule has 0 saturated carbocycles. The highest BCUT2D eigenvalue weighted by atomic mass is 79.9. The second-order valence-corrected chi connectivity index (χ2v) is 8.20. The number of hydrogen-bond acceptors (Lipinski definition) is 6. The summed E-state index contributed by atoms with van der Waals surface area (Å²) in [5, 5.41) is 0. The summed E-state index contributed by atoms with van der Waals surface area (Å²) < 4.78 is 19.7. The van der Waals surface area contributed by atoms with Gasteiger partial charge in [0.15, 0.2) is 24.2 Å². The third-order valence-electron chi connectivity index (χ3n) is 5.10. The smallest absolute Gasteiger partial charge is 0.340 e. The molecule has 1 aliphatic rings. The number of para-hydroxylation sites is 2. The number of benzene rings is 1. The summed E-state index contributed by atoms with van der Waals surface area (Å²) in [5.74, 6) is 0.591. The number of fused-ring (bicyclic) bond motifs is 1. The molecule has 0 N–H and O–H groups in total. The lowest BCUT2D eigenvalue weighted by Crippen LogP contribution is -2.33. The van der Waals surface area contributed by atoms with Crippen molar-refractivity contribution in [2.24, 2.45) is 0 Å². The quantitative estimate of drug-likeness (QED) is 0.386. The van der Waals surface area contributed by atoms with E-state index in [0.29, 0.717) is 28.9 Å². The molecule has 0 aliphatic carbocycles. The first-order valence-electron chi connectivity index (χ1n) is 9.78. The highest BCUT2D eigenvalue weighted by Crippen LogP contribution is 2.31. The number of ether oxygens (including phenoxy) is 3. The van der Waals surface area contributed by atoms with Crippen LogP contribution in [0, 0.1) is 13.8 Å². The van der Waals surface area contributed by atoms with Crippen molar-refractivity contribution in [3.63, 3.8) is 0 Å². The van der Waals surface area contributed by atoms with Crippen molar-refractivity contribution < 1.29 is 23.8 Å². The van der Waals surface area contributed by atoms with E-state index < -0.39 is 5.97 Å². The molecule has 0 bridgehead atoms. The summed E-state index contributed by atoms with van der Waals surface area (Å²) in [6.07, 6.45) is 2.79. The van der Waals surface area contributed by atoms with Gasteiger partial charge in [0.05, 0.1) is 12.1 Å². The van der Waals surface area contributed by atoms with Crippen LogP contribution < -0.4 is 9.47 Å². The molecule has 1 aliphatic heterocycles. The van der Waals surface area contributed by atoms with Gasteiger partial charge in [0.1, 0.15) is 6.61 Å². The lowest BCUT2D eigenvalue weighted by Gasteiger charge is -2.27. The molecule has 2 aromatic heterocycles. The van der Waals surface area contributed by atoms with Crippen molar-refractivity contribution >= 4 is 27.7 Å². The fourth-order valence-electron chi connectivity index (χ4n) is 3.54. The Labute approximate surface area is 188 Å². The number of Topliss-reactive ketones (excluding diaryl/α,β-unsaturated/α-hetero) is 1. The molecular formula is C23H21BrN2O5. The van der Waals surface area contributed by atoms with E-state index in [4.69, 9.17) is 14.2 Å². The first-order chi connectivity index (χ1) is 14.9. The molecule has 1 atom stereocenters. The lowest BCUT2D eigenvalue weighted by atomic mass is 10.1. The maximum Gasteiger partial charge on any atom is 0.340 e.